The Hall–Kier alpha value is -2.67. The summed E-state index contributed by atoms with van der Waals surface area (Å²) in [5.41, 5.74) is -0.186. The first-order chi connectivity index (χ1) is 13.5. The van der Waals surface area contributed by atoms with E-state index in [1.54, 1.807) is 7.11 Å². The van der Waals surface area contributed by atoms with Crippen molar-refractivity contribution in [1.82, 2.24) is 9.80 Å². The third-order valence-electron chi connectivity index (χ3n) is 6.43. The molecule has 1 aromatic carbocycles. The summed E-state index contributed by atoms with van der Waals surface area (Å²) in [6.45, 7) is 0.646. The number of hydrogen-bond acceptors (Lipinski definition) is 6. The van der Waals surface area contributed by atoms with Crippen LogP contribution >= 0.6 is 0 Å². The van der Waals surface area contributed by atoms with Crippen LogP contribution in [0.1, 0.15) is 18.4 Å². The summed E-state index contributed by atoms with van der Waals surface area (Å²) >= 11 is 0. The lowest BCUT2D eigenvalue weighted by Crippen LogP contribution is -2.55. The van der Waals surface area contributed by atoms with Crippen LogP contribution in [0.25, 0.3) is 6.08 Å². The number of nitrogens with zero attached hydrogens (tertiary/aromatic N) is 2. The fourth-order valence-electron chi connectivity index (χ4n) is 5.24. The number of methoxy groups -OCH3 is 2. The van der Waals surface area contributed by atoms with Crippen molar-refractivity contribution in [3.63, 3.8) is 0 Å². The number of benzene rings is 1. The Labute approximate surface area is 163 Å². The lowest BCUT2D eigenvalue weighted by atomic mass is 9.78. The Kier molecular flexibility index (Phi) is 4.50. The van der Waals surface area contributed by atoms with Gasteiger partial charge in [0.1, 0.15) is 11.3 Å². The van der Waals surface area contributed by atoms with E-state index in [0.717, 1.165) is 17.7 Å². The van der Waals surface area contributed by atoms with Gasteiger partial charge in [-0.05, 0) is 25.5 Å². The summed E-state index contributed by atoms with van der Waals surface area (Å²) in [7, 11) is 4.44. The van der Waals surface area contributed by atoms with Crippen LogP contribution in [0.3, 0.4) is 0 Å². The summed E-state index contributed by atoms with van der Waals surface area (Å²) in [5.74, 6) is -1.51. The van der Waals surface area contributed by atoms with Crippen molar-refractivity contribution < 1.29 is 23.9 Å². The fraction of sp³-hybridized carbons (Fsp3) is 0.476. The summed E-state index contributed by atoms with van der Waals surface area (Å²) in [5, 5.41) is 0. The minimum Gasteiger partial charge on any atom is -0.496 e. The van der Waals surface area contributed by atoms with E-state index >= 15 is 0 Å². The Morgan fingerprint density at radius 3 is 2.68 bits per heavy atom. The zero-order valence-electron chi connectivity index (χ0n) is 16.3. The molecule has 4 atom stereocenters. The van der Waals surface area contributed by atoms with E-state index in [1.165, 1.54) is 19.1 Å². The minimum absolute atomic E-state index is 0.234. The van der Waals surface area contributed by atoms with Gasteiger partial charge in [-0.25, -0.2) is 0 Å². The molecule has 0 aromatic heterocycles. The molecule has 0 unspecified atom stereocenters. The Bertz CT molecular complexity index is 866. The number of para-hydroxylation sites is 1. The first-order valence-corrected chi connectivity index (χ1v) is 9.45. The molecule has 7 nitrogen and oxygen atoms in total. The van der Waals surface area contributed by atoms with Crippen LogP contribution < -0.4 is 4.74 Å². The molecule has 4 rings (SSSR count). The topological polar surface area (TPSA) is 76.2 Å². The number of imide groups is 1. The number of hydrogen-bond donors (Lipinski definition) is 0. The largest absolute Gasteiger partial charge is 0.496 e. The minimum atomic E-state index is -1.06. The molecule has 0 saturated carbocycles. The quantitative estimate of drug-likeness (QED) is 0.576. The molecule has 28 heavy (non-hydrogen) atoms. The van der Waals surface area contributed by atoms with Crippen LogP contribution in [0, 0.1) is 11.8 Å². The third kappa shape index (κ3) is 2.35. The van der Waals surface area contributed by atoms with Crippen molar-refractivity contribution in [2.24, 2.45) is 11.8 Å². The highest BCUT2D eigenvalue weighted by atomic mass is 16.5. The SMILES string of the molecule is COC(=O)[C@]12CCCN1[C@@H](/C=C/c1ccccc1OC)[C@H]1C(=O)N(C)C(=O)[C@H]12. The van der Waals surface area contributed by atoms with Crippen molar-refractivity contribution in [2.45, 2.75) is 24.4 Å². The van der Waals surface area contributed by atoms with Crippen molar-refractivity contribution in [1.29, 1.82) is 0 Å². The molecule has 1 aromatic rings. The number of carbonyl (C=O) groups is 3. The van der Waals surface area contributed by atoms with Crippen molar-refractivity contribution in [2.75, 3.05) is 27.8 Å². The van der Waals surface area contributed by atoms with Crippen molar-refractivity contribution >= 4 is 23.9 Å². The van der Waals surface area contributed by atoms with Gasteiger partial charge in [0.25, 0.3) is 0 Å². The van der Waals surface area contributed by atoms with Gasteiger partial charge in [-0.3, -0.25) is 24.2 Å². The lowest BCUT2D eigenvalue weighted by molar-refractivity contribution is -0.158. The van der Waals surface area contributed by atoms with E-state index in [0.29, 0.717) is 13.0 Å². The number of rotatable bonds is 4. The highest BCUT2D eigenvalue weighted by Crippen LogP contribution is 2.54. The lowest BCUT2D eigenvalue weighted by Gasteiger charge is -2.34. The number of esters is 1. The molecule has 2 amide bonds. The number of fused-ring (bicyclic) bond motifs is 3. The second kappa shape index (κ2) is 6.74. The Balaban J connectivity index is 1.79. The standard InChI is InChI=1S/C21H24N2O5/c1-22-18(24)16-14(10-9-13-7-4-5-8-15(13)27-2)23-12-6-11-21(23,20(26)28-3)17(16)19(22)25/h4-5,7-10,14,16-17H,6,11-12H2,1-3H3/b10-9+/t14-,16+,17-,21+/m0/s1. The predicted octanol–water partition coefficient (Wildman–Crippen LogP) is 1.33. The van der Waals surface area contributed by atoms with Gasteiger partial charge < -0.3 is 9.47 Å². The van der Waals surface area contributed by atoms with Crippen LogP contribution in [-0.4, -0.2) is 67.0 Å². The molecule has 3 aliphatic heterocycles. The number of carbonyl (C=O) groups excluding carboxylic acids is 3. The first kappa shape index (κ1) is 18.7. The van der Waals surface area contributed by atoms with Gasteiger partial charge in [-0.1, -0.05) is 30.4 Å². The summed E-state index contributed by atoms with van der Waals surface area (Å²) < 4.78 is 10.5. The monoisotopic (exact) mass is 384 g/mol. The van der Waals surface area contributed by atoms with Gasteiger partial charge in [0.2, 0.25) is 11.8 Å². The number of ether oxygens (including phenoxy) is 2. The van der Waals surface area contributed by atoms with Crippen LogP contribution in [0.5, 0.6) is 5.75 Å². The second-order valence-electron chi connectivity index (χ2n) is 7.54. The predicted molar refractivity (Wildman–Crippen MR) is 101 cm³/mol. The number of amides is 2. The third-order valence-corrected chi connectivity index (χ3v) is 6.43. The van der Waals surface area contributed by atoms with E-state index in [2.05, 4.69) is 0 Å². The molecule has 3 aliphatic rings. The van der Waals surface area contributed by atoms with Gasteiger partial charge in [-0.15, -0.1) is 0 Å². The van der Waals surface area contributed by atoms with Gasteiger partial charge in [0.15, 0.2) is 0 Å². The smallest absolute Gasteiger partial charge is 0.327 e. The van der Waals surface area contributed by atoms with E-state index < -0.39 is 23.3 Å². The molecule has 3 saturated heterocycles. The average molecular weight is 384 g/mol. The van der Waals surface area contributed by atoms with Crippen LogP contribution in [0.15, 0.2) is 30.3 Å². The maximum absolute atomic E-state index is 12.9. The molecule has 0 spiro atoms. The zero-order valence-corrected chi connectivity index (χ0v) is 16.3. The van der Waals surface area contributed by atoms with E-state index in [9.17, 15) is 14.4 Å². The van der Waals surface area contributed by atoms with E-state index in [-0.39, 0.29) is 17.9 Å². The van der Waals surface area contributed by atoms with Crippen LogP contribution in [-0.2, 0) is 19.1 Å². The van der Waals surface area contributed by atoms with Crippen LogP contribution in [0.4, 0.5) is 0 Å². The molecule has 148 valence electrons. The van der Waals surface area contributed by atoms with Crippen molar-refractivity contribution in [3.05, 3.63) is 35.9 Å². The molecule has 0 bridgehead atoms. The molecule has 3 fully saturated rings. The Morgan fingerprint density at radius 2 is 1.96 bits per heavy atom. The van der Waals surface area contributed by atoms with Crippen molar-refractivity contribution in [3.8, 4) is 5.75 Å². The highest BCUT2D eigenvalue weighted by molar-refractivity contribution is 6.09. The molecule has 7 heteroatoms. The normalized spacial score (nSPS) is 32.1. The highest BCUT2D eigenvalue weighted by Gasteiger charge is 2.72. The van der Waals surface area contributed by atoms with Crippen LogP contribution in [0.2, 0.25) is 0 Å². The molecular formula is C21H24N2O5. The fourth-order valence-corrected chi connectivity index (χ4v) is 5.24. The van der Waals surface area contributed by atoms with Gasteiger partial charge in [0.05, 0.1) is 26.1 Å². The summed E-state index contributed by atoms with van der Waals surface area (Å²) in [6, 6.07) is 7.24. The van der Waals surface area contributed by atoms with Gasteiger partial charge in [-0.2, -0.15) is 0 Å². The van der Waals surface area contributed by atoms with Gasteiger partial charge in [0, 0.05) is 18.7 Å². The van der Waals surface area contributed by atoms with E-state index in [1.807, 2.05) is 41.3 Å². The zero-order chi connectivity index (χ0) is 20.1. The Morgan fingerprint density at radius 1 is 1.21 bits per heavy atom. The second-order valence-corrected chi connectivity index (χ2v) is 7.54. The first-order valence-electron chi connectivity index (χ1n) is 9.45. The summed E-state index contributed by atoms with van der Waals surface area (Å²) in [4.78, 5) is 41.8. The molecule has 0 N–H and O–H groups in total. The van der Waals surface area contributed by atoms with E-state index in [4.69, 9.17) is 9.47 Å². The maximum atomic E-state index is 12.9. The van der Waals surface area contributed by atoms with Gasteiger partial charge >= 0.3 is 5.97 Å². The maximum Gasteiger partial charge on any atom is 0.327 e. The molecular weight excluding hydrogens is 360 g/mol. The number of likely N-dealkylation sites (tertiary alicyclic amines) is 1. The average Bonchev–Trinajstić information content (AvgIpc) is 3.32. The molecule has 0 radical (unpaired) electrons. The summed E-state index contributed by atoms with van der Waals surface area (Å²) in [6.07, 6.45) is 5.13. The molecule has 3 heterocycles. The molecule has 0 aliphatic carbocycles.